The van der Waals surface area contributed by atoms with Crippen LogP contribution in [-0.2, 0) is 5.41 Å². The summed E-state index contributed by atoms with van der Waals surface area (Å²) in [5.74, 6) is 0. The molecule has 1 heterocycles. The maximum Gasteiger partial charge on any atom is 0.0528 e. The van der Waals surface area contributed by atoms with Gasteiger partial charge in [0, 0.05) is 5.41 Å². The van der Waals surface area contributed by atoms with Crippen LogP contribution in [0.1, 0.15) is 18.4 Å². The van der Waals surface area contributed by atoms with E-state index in [1.165, 1.54) is 5.56 Å². The van der Waals surface area contributed by atoms with Crippen molar-refractivity contribution in [1.82, 2.24) is 5.32 Å². The van der Waals surface area contributed by atoms with Crippen molar-refractivity contribution < 1.29 is 5.11 Å². The van der Waals surface area contributed by atoms with Crippen molar-refractivity contribution in [3.05, 3.63) is 35.9 Å². The van der Waals surface area contributed by atoms with Gasteiger partial charge in [-0.15, -0.1) is 0 Å². The second-order valence-electron chi connectivity index (χ2n) is 3.98. The lowest BCUT2D eigenvalue weighted by atomic mass is 9.74. The average molecular weight is 190 g/mol. The average Bonchev–Trinajstić information content (AvgIpc) is 2.31. The molecule has 0 bridgehead atoms. The van der Waals surface area contributed by atoms with Crippen molar-refractivity contribution in [3.8, 4) is 0 Å². The second kappa shape index (κ2) is 4.11. The smallest absolute Gasteiger partial charge is 0.0528 e. The first kappa shape index (κ1) is 9.69. The maximum absolute atomic E-state index is 9.56. The van der Waals surface area contributed by atoms with Crippen LogP contribution in [-0.4, -0.2) is 24.8 Å². The molecule has 0 aromatic heterocycles. The number of aliphatic hydroxyl groups excluding tert-OH is 1. The Labute approximate surface area is 85.0 Å². The molecule has 1 aliphatic heterocycles. The van der Waals surface area contributed by atoms with E-state index in [9.17, 15) is 5.11 Å². The van der Waals surface area contributed by atoms with E-state index >= 15 is 0 Å². The van der Waals surface area contributed by atoms with Gasteiger partial charge in [-0.3, -0.25) is 0 Å². The van der Waals surface area contributed by atoms with Crippen molar-refractivity contribution >= 4 is 0 Å². The fourth-order valence-electron chi connectivity index (χ4n) is 2.18. The third-order valence-corrected chi connectivity index (χ3v) is 3.19. The van der Waals surface area contributed by atoms with Crippen LogP contribution in [0.5, 0.6) is 0 Å². The third-order valence-electron chi connectivity index (χ3n) is 3.19. The van der Waals surface area contributed by atoms with Gasteiger partial charge in [-0.25, -0.2) is 0 Å². The molecule has 2 nitrogen and oxygen atoms in total. The molecule has 1 fully saturated rings. The van der Waals surface area contributed by atoms with E-state index in [0.29, 0.717) is 0 Å². The molecule has 0 unspecified atom stereocenters. The van der Waals surface area contributed by atoms with Gasteiger partial charge in [0.1, 0.15) is 0 Å². The van der Waals surface area contributed by atoms with Crippen LogP contribution < -0.4 is 5.32 Å². The minimum absolute atomic E-state index is 0.0135. The second-order valence-corrected chi connectivity index (χ2v) is 3.98. The molecule has 2 rings (SSSR count). The van der Waals surface area contributed by atoms with Crippen LogP contribution >= 0.6 is 0 Å². The molecule has 0 atom stereocenters. The fourth-order valence-corrected chi connectivity index (χ4v) is 2.18. The van der Waals surface area contributed by atoms with Crippen LogP contribution in [0.3, 0.4) is 0 Å². The topological polar surface area (TPSA) is 32.3 Å². The Morgan fingerprint density at radius 3 is 2.50 bits per heavy atom. The number of aliphatic hydroxyl groups is 1. The van der Waals surface area contributed by atoms with E-state index in [0.717, 1.165) is 25.9 Å². The summed E-state index contributed by atoms with van der Waals surface area (Å²) in [6.07, 6.45) is 2.04. The van der Waals surface area contributed by atoms with Gasteiger partial charge in [0.15, 0.2) is 0 Å². The number of nitrogens with one attached hydrogen (secondary N) is 1. The molecule has 0 saturated carbocycles. The van der Waals surface area contributed by atoms with Crippen LogP contribution in [0.2, 0.25) is 0 Å². The zero-order chi connectivity index (χ0) is 9.86. The first-order valence-corrected chi connectivity index (χ1v) is 5.16. The predicted molar refractivity (Wildman–Crippen MR) is 56.1 cm³/mol. The van der Waals surface area contributed by atoms with Crippen LogP contribution in [0, 0.1) is 6.07 Å². The molecule has 0 aliphatic carbocycles. The summed E-state index contributed by atoms with van der Waals surface area (Å²) in [7, 11) is 0. The minimum atomic E-state index is -0.0135. The van der Waals surface area contributed by atoms with Crippen molar-refractivity contribution in [1.29, 1.82) is 0 Å². The zero-order valence-electron chi connectivity index (χ0n) is 8.29. The van der Waals surface area contributed by atoms with Crippen molar-refractivity contribution in [2.75, 3.05) is 19.7 Å². The van der Waals surface area contributed by atoms with Gasteiger partial charge in [-0.1, -0.05) is 24.3 Å². The Balaban J connectivity index is 2.27. The Kier molecular flexibility index (Phi) is 2.85. The highest BCUT2D eigenvalue weighted by atomic mass is 16.3. The van der Waals surface area contributed by atoms with Gasteiger partial charge in [0.25, 0.3) is 0 Å². The molecule has 14 heavy (non-hydrogen) atoms. The molecule has 1 radical (unpaired) electrons. The lowest BCUT2D eigenvalue weighted by Crippen LogP contribution is -2.42. The van der Waals surface area contributed by atoms with Crippen molar-refractivity contribution in [2.24, 2.45) is 0 Å². The molecule has 75 valence electrons. The van der Waals surface area contributed by atoms with E-state index in [1.807, 2.05) is 12.1 Å². The molecule has 1 aliphatic rings. The summed E-state index contributed by atoms with van der Waals surface area (Å²) in [5, 5.41) is 12.9. The molecule has 0 amide bonds. The number of hydrogen-bond donors (Lipinski definition) is 2. The van der Waals surface area contributed by atoms with E-state index in [-0.39, 0.29) is 12.0 Å². The number of hydrogen-bond acceptors (Lipinski definition) is 2. The molecule has 2 heteroatoms. The van der Waals surface area contributed by atoms with Crippen LogP contribution in [0.15, 0.2) is 24.3 Å². The van der Waals surface area contributed by atoms with E-state index in [2.05, 4.69) is 23.5 Å². The minimum Gasteiger partial charge on any atom is -0.395 e. The highest BCUT2D eigenvalue weighted by Gasteiger charge is 2.32. The monoisotopic (exact) mass is 190 g/mol. The third kappa shape index (κ3) is 1.68. The first-order valence-electron chi connectivity index (χ1n) is 5.16. The van der Waals surface area contributed by atoms with Crippen LogP contribution in [0.25, 0.3) is 0 Å². The molecular formula is C12H16NO. The van der Waals surface area contributed by atoms with E-state index < -0.39 is 0 Å². The largest absolute Gasteiger partial charge is 0.395 e. The van der Waals surface area contributed by atoms with E-state index in [1.54, 1.807) is 0 Å². The van der Waals surface area contributed by atoms with Gasteiger partial charge in [-0.05, 0) is 37.6 Å². The molecular weight excluding hydrogens is 174 g/mol. The number of benzene rings is 1. The normalized spacial score (nSPS) is 20.6. The summed E-state index contributed by atoms with van der Waals surface area (Å²) in [6, 6.07) is 11.0. The van der Waals surface area contributed by atoms with Crippen molar-refractivity contribution in [3.63, 3.8) is 0 Å². The lowest BCUT2D eigenvalue weighted by Gasteiger charge is -2.36. The highest BCUT2D eigenvalue weighted by molar-refractivity contribution is 5.25. The van der Waals surface area contributed by atoms with Crippen LogP contribution in [0.4, 0.5) is 0 Å². The maximum atomic E-state index is 9.56. The standard InChI is InChI=1S/C12H16NO/c14-10-12(6-8-13-9-7-12)11-4-2-1-3-5-11/h2-5,13-14H,6-10H2. The Morgan fingerprint density at radius 1 is 1.29 bits per heavy atom. The van der Waals surface area contributed by atoms with Gasteiger partial charge in [0.2, 0.25) is 0 Å². The van der Waals surface area contributed by atoms with Crippen molar-refractivity contribution in [2.45, 2.75) is 18.3 Å². The quantitative estimate of drug-likeness (QED) is 0.732. The van der Waals surface area contributed by atoms with Gasteiger partial charge >= 0.3 is 0 Å². The number of rotatable bonds is 2. The van der Waals surface area contributed by atoms with E-state index in [4.69, 9.17) is 0 Å². The summed E-state index contributed by atoms with van der Waals surface area (Å²) < 4.78 is 0. The zero-order valence-corrected chi connectivity index (χ0v) is 8.29. The Morgan fingerprint density at radius 2 is 1.93 bits per heavy atom. The predicted octanol–water partition coefficient (Wildman–Crippen LogP) is 1.10. The molecule has 1 aromatic rings. The Bertz CT molecular complexity index is 278. The Hall–Kier alpha value is -0.860. The first-order chi connectivity index (χ1) is 6.87. The summed E-state index contributed by atoms with van der Waals surface area (Å²) >= 11 is 0. The SMILES string of the molecule is OCC1(c2cc[c]cc2)CCNCC1. The molecule has 2 N–H and O–H groups in total. The lowest BCUT2D eigenvalue weighted by molar-refractivity contribution is 0.158. The van der Waals surface area contributed by atoms with Gasteiger partial charge < -0.3 is 10.4 Å². The molecule has 0 spiro atoms. The fraction of sp³-hybridized carbons (Fsp3) is 0.500. The molecule has 1 saturated heterocycles. The summed E-state index contributed by atoms with van der Waals surface area (Å²) in [6.45, 7) is 2.25. The summed E-state index contributed by atoms with van der Waals surface area (Å²) in [4.78, 5) is 0. The molecule has 1 aromatic carbocycles. The van der Waals surface area contributed by atoms with Gasteiger partial charge in [0.05, 0.1) is 6.61 Å². The van der Waals surface area contributed by atoms with Gasteiger partial charge in [-0.2, -0.15) is 0 Å². The number of piperidine rings is 1. The summed E-state index contributed by atoms with van der Waals surface area (Å²) in [5.41, 5.74) is 1.24. The highest BCUT2D eigenvalue weighted by Crippen LogP contribution is 2.32.